The largest absolute Gasteiger partial charge is 0.482 e. The van der Waals surface area contributed by atoms with Crippen molar-refractivity contribution in [1.82, 2.24) is 19.4 Å². The van der Waals surface area contributed by atoms with E-state index in [0.717, 1.165) is 19.5 Å². The lowest BCUT2D eigenvalue weighted by Gasteiger charge is -2.30. The molecule has 3 atom stereocenters. The molecule has 2 aromatic rings. The molecule has 1 amide bonds. The van der Waals surface area contributed by atoms with Crippen molar-refractivity contribution in [3.05, 3.63) is 59.7 Å². The summed E-state index contributed by atoms with van der Waals surface area (Å²) in [5, 5.41) is 23.4. The summed E-state index contributed by atoms with van der Waals surface area (Å²) >= 11 is 0. The predicted octanol–water partition coefficient (Wildman–Crippen LogP) is -0.104. The van der Waals surface area contributed by atoms with Gasteiger partial charge in [-0.05, 0) is 43.8 Å². The van der Waals surface area contributed by atoms with Crippen LogP contribution in [0.15, 0.2) is 53.4 Å². The first kappa shape index (κ1) is 27.5. The maximum atomic E-state index is 13.3. The number of hydrogen-bond donors (Lipinski definition) is 3. The molecule has 2 aliphatic heterocycles. The summed E-state index contributed by atoms with van der Waals surface area (Å²) < 4.78 is 33.4. The second-order valence-corrected chi connectivity index (χ2v) is 11.8. The lowest BCUT2D eigenvalue weighted by Crippen LogP contribution is -2.43. The molecule has 0 aliphatic carbocycles. The Labute approximate surface area is 218 Å². The molecule has 1 saturated heterocycles. The minimum Gasteiger partial charge on any atom is -0.482 e. The van der Waals surface area contributed by atoms with Crippen molar-refractivity contribution in [1.29, 1.82) is 0 Å². The summed E-state index contributed by atoms with van der Waals surface area (Å²) in [6, 6.07) is 14.1. The van der Waals surface area contributed by atoms with Crippen LogP contribution in [0.2, 0.25) is 0 Å². The van der Waals surface area contributed by atoms with Crippen molar-refractivity contribution in [2.45, 2.75) is 36.1 Å². The molecule has 11 heteroatoms. The number of nitrogens with zero attached hydrogens (tertiary/aromatic N) is 3. The van der Waals surface area contributed by atoms with Crippen molar-refractivity contribution < 1.29 is 28.2 Å². The highest BCUT2D eigenvalue weighted by molar-refractivity contribution is 7.89. The molecular weight excluding hydrogens is 496 g/mol. The first-order valence-electron chi connectivity index (χ1n) is 12.5. The summed E-state index contributed by atoms with van der Waals surface area (Å²) in [4.78, 5) is 16.3. The number of carbonyl (C=O) groups is 1. The zero-order valence-corrected chi connectivity index (χ0v) is 22.1. The van der Waals surface area contributed by atoms with Crippen molar-refractivity contribution in [2.75, 3.05) is 53.4 Å². The van der Waals surface area contributed by atoms with Crippen molar-refractivity contribution in [3.8, 4) is 5.75 Å². The van der Waals surface area contributed by atoms with E-state index in [-0.39, 0.29) is 42.9 Å². The molecule has 2 aliphatic rings. The molecule has 0 bridgehead atoms. The van der Waals surface area contributed by atoms with E-state index >= 15 is 0 Å². The van der Waals surface area contributed by atoms with Gasteiger partial charge in [-0.15, -0.1) is 0 Å². The van der Waals surface area contributed by atoms with E-state index in [2.05, 4.69) is 22.3 Å². The van der Waals surface area contributed by atoms with Crippen LogP contribution in [-0.2, 0) is 27.8 Å². The quantitative estimate of drug-likeness (QED) is 0.388. The molecule has 202 valence electrons. The summed E-state index contributed by atoms with van der Waals surface area (Å²) in [7, 11) is -0.348. The fourth-order valence-electron chi connectivity index (χ4n) is 4.86. The molecule has 4 rings (SSSR count). The Kier molecular flexibility index (Phi) is 8.83. The first-order valence-corrected chi connectivity index (χ1v) is 13.9. The van der Waals surface area contributed by atoms with Gasteiger partial charge in [0.1, 0.15) is 10.6 Å². The smallest absolute Gasteiger partial charge is 0.258 e. The third kappa shape index (κ3) is 6.67. The minimum absolute atomic E-state index is 0.0134. The van der Waals surface area contributed by atoms with E-state index in [1.54, 1.807) is 31.1 Å². The number of β-amino-alcohol motifs (C(OH)–C–C–N with tert-alkyl or cyclic N) is 2. The number of amides is 1. The Morgan fingerprint density at radius 1 is 1.14 bits per heavy atom. The third-order valence-corrected chi connectivity index (χ3v) is 8.80. The van der Waals surface area contributed by atoms with Crippen LogP contribution in [0.1, 0.15) is 11.1 Å². The topological polar surface area (TPSA) is 123 Å². The summed E-state index contributed by atoms with van der Waals surface area (Å²) in [5.74, 6) is -0.396. The summed E-state index contributed by atoms with van der Waals surface area (Å²) in [6.45, 7) is 1.87. The number of carbonyl (C=O) groups excluding carboxylic acids is 1. The third-order valence-electron chi connectivity index (χ3n) is 6.93. The Morgan fingerprint density at radius 2 is 1.84 bits per heavy atom. The fourth-order valence-corrected chi connectivity index (χ4v) is 6.47. The molecule has 10 nitrogen and oxygen atoms in total. The molecule has 3 N–H and O–H groups in total. The summed E-state index contributed by atoms with van der Waals surface area (Å²) in [5.41, 5.74) is 2.59. The number of nitrogens with one attached hydrogen (secondary N) is 1. The van der Waals surface area contributed by atoms with E-state index in [1.165, 1.54) is 27.6 Å². The number of fused-ring (bicyclic) bond motifs is 1. The number of sulfonamides is 1. The lowest BCUT2D eigenvalue weighted by atomic mass is 10.00. The van der Waals surface area contributed by atoms with Crippen LogP contribution in [0.25, 0.3) is 0 Å². The second kappa shape index (κ2) is 11.9. The second-order valence-electron chi connectivity index (χ2n) is 9.87. The lowest BCUT2D eigenvalue weighted by molar-refractivity contribution is -0.123. The Morgan fingerprint density at radius 3 is 2.57 bits per heavy atom. The number of rotatable bonds is 10. The van der Waals surface area contributed by atoms with Gasteiger partial charge >= 0.3 is 0 Å². The molecule has 0 radical (unpaired) electrons. The number of aliphatic hydroxyl groups excluding tert-OH is 2. The van der Waals surface area contributed by atoms with Crippen LogP contribution < -0.4 is 10.1 Å². The zero-order valence-electron chi connectivity index (χ0n) is 21.3. The maximum absolute atomic E-state index is 13.3. The predicted molar refractivity (Wildman–Crippen MR) is 139 cm³/mol. The van der Waals surface area contributed by atoms with Gasteiger partial charge in [0.15, 0.2) is 6.61 Å². The minimum atomic E-state index is -3.94. The maximum Gasteiger partial charge on any atom is 0.258 e. The number of benzene rings is 2. The normalized spacial score (nSPS) is 21.5. The molecule has 2 heterocycles. The van der Waals surface area contributed by atoms with Gasteiger partial charge in [-0.1, -0.05) is 36.4 Å². The van der Waals surface area contributed by atoms with Crippen LogP contribution in [0.3, 0.4) is 0 Å². The number of ether oxygens (including phenoxy) is 1. The van der Waals surface area contributed by atoms with Gasteiger partial charge in [-0.25, -0.2) is 8.42 Å². The highest BCUT2D eigenvalue weighted by atomic mass is 32.2. The molecule has 0 saturated carbocycles. The monoisotopic (exact) mass is 532 g/mol. The number of likely N-dealkylation sites (N-methyl/N-ethyl adjacent to an activating group) is 1. The molecule has 3 unspecified atom stereocenters. The van der Waals surface area contributed by atoms with E-state index < -0.39 is 28.1 Å². The van der Waals surface area contributed by atoms with E-state index in [4.69, 9.17) is 4.74 Å². The van der Waals surface area contributed by atoms with Gasteiger partial charge in [-0.3, -0.25) is 9.69 Å². The van der Waals surface area contributed by atoms with Crippen LogP contribution in [0.5, 0.6) is 5.75 Å². The van der Waals surface area contributed by atoms with Crippen LogP contribution in [-0.4, -0.2) is 110 Å². The molecule has 0 spiro atoms. The number of aliphatic hydroxyl groups is 2. The van der Waals surface area contributed by atoms with Gasteiger partial charge in [0.25, 0.3) is 5.91 Å². The van der Waals surface area contributed by atoms with E-state index in [1.807, 2.05) is 12.1 Å². The zero-order chi connectivity index (χ0) is 26.6. The van der Waals surface area contributed by atoms with E-state index in [0.29, 0.717) is 6.54 Å². The molecular formula is C26H36N4O6S. The SMILES string of the molecule is CN(C)C1CN(S(=O)(=O)c2ccccc2OCC(=O)NCC(O)CN2CCc3ccccc3C2)CC1O. The van der Waals surface area contributed by atoms with Crippen molar-refractivity contribution in [3.63, 3.8) is 0 Å². The Bertz CT molecular complexity index is 1190. The van der Waals surface area contributed by atoms with Gasteiger partial charge < -0.3 is 25.2 Å². The standard InChI is InChI=1S/C26H36N4O6S/c1-28(2)22-16-30(17-23(22)32)37(34,35)25-10-6-5-9-24(25)36-18-26(33)27-13-21(31)15-29-12-11-19-7-3-4-8-20(19)14-29/h3-10,21-23,31-32H,11-18H2,1-2H3,(H,27,33). The first-order chi connectivity index (χ1) is 17.6. The van der Waals surface area contributed by atoms with E-state index in [9.17, 15) is 23.4 Å². The van der Waals surface area contributed by atoms with Crippen LogP contribution >= 0.6 is 0 Å². The Balaban J connectivity index is 1.28. The molecule has 37 heavy (non-hydrogen) atoms. The highest BCUT2D eigenvalue weighted by Crippen LogP contribution is 2.29. The Hall–Kier alpha value is -2.54. The molecule has 2 aromatic carbocycles. The fraction of sp³-hybridized carbons (Fsp3) is 0.500. The van der Waals surface area contributed by atoms with Crippen LogP contribution in [0, 0.1) is 0 Å². The molecule has 1 fully saturated rings. The van der Waals surface area contributed by atoms with Crippen LogP contribution in [0.4, 0.5) is 0 Å². The van der Waals surface area contributed by atoms with Gasteiger partial charge in [0.05, 0.1) is 18.2 Å². The summed E-state index contributed by atoms with van der Waals surface area (Å²) in [6.07, 6.45) is -0.611. The number of para-hydroxylation sites is 1. The highest BCUT2D eigenvalue weighted by Gasteiger charge is 2.40. The van der Waals surface area contributed by atoms with Gasteiger partial charge in [-0.2, -0.15) is 4.31 Å². The molecule has 0 aromatic heterocycles. The van der Waals surface area contributed by atoms with Crippen molar-refractivity contribution >= 4 is 15.9 Å². The average Bonchev–Trinajstić information content (AvgIpc) is 3.29. The van der Waals surface area contributed by atoms with Gasteiger partial charge in [0, 0.05) is 39.3 Å². The van der Waals surface area contributed by atoms with Gasteiger partial charge in [0.2, 0.25) is 10.0 Å². The van der Waals surface area contributed by atoms with Crippen molar-refractivity contribution in [2.24, 2.45) is 0 Å². The average molecular weight is 533 g/mol. The number of hydrogen-bond acceptors (Lipinski definition) is 8.